The lowest BCUT2D eigenvalue weighted by atomic mass is 10.0. The molecule has 0 radical (unpaired) electrons. The molecule has 1 aromatic carbocycles. The number of benzene rings is 1. The Bertz CT molecular complexity index is 845. The third-order valence-electron chi connectivity index (χ3n) is 3.77. The zero-order chi connectivity index (χ0) is 17.8. The molecule has 3 aromatic rings. The maximum absolute atomic E-state index is 10.9. The number of thiophene rings is 1. The zero-order valence-electron chi connectivity index (χ0n) is 13.9. The van der Waals surface area contributed by atoms with Crippen LogP contribution in [0.5, 0.6) is 0 Å². The molecule has 0 saturated heterocycles. The van der Waals surface area contributed by atoms with Crippen molar-refractivity contribution in [3.05, 3.63) is 62.7 Å². The minimum absolute atomic E-state index is 0.000424. The van der Waals surface area contributed by atoms with Crippen LogP contribution in [0.2, 0.25) is 0 Å². The molecule has 7 nitrogen and oxygen atoms in total. The summed E-state index contributed by atoms with van der Waals surface area (Å²) < 4.78 is 5.28. The van der Waals surface area contributed by atoms with Crippen molar-refractivity contribution in [2.75, 3.05) is 0 Å². The highest BCUT2D eigenvalue weighted by Gasteiger charge is 2.18. The maximum atomic E-state index is 10.9. The lowest BCUT2D eigenvalue weighted by Gasteiger charge is -2.20. The highest BCUT2D eigenvalue weighted by Crippen LogP contribution is 2.26. The van der Waals surface area contributed by atoms with E-state index in [1.54, 1.807) is 23.5 Å². The fraction of sp³-hybridized carbons (Fsp3) is 0.294. The SMILES string of the molecule is CC(C)[C@H](NCc1nc(-c2cccc([N+](=O)[O-])c2)no1)c1cccs1. The first-order chi connectivity index (χ1) is 12.0. The smallest absolute Gasteiger partial charge is 0.270 e. The van der Waals surface area contributed by atoms with E-state index in [2.05, 4.69) is 40.8 Å². The first-order valence-corrected chi connectivity index (χ1v) is 8.76. The first kappa shape index (κ1) is 17.2. The number of nitro benzene ring substituents is 1. The van der Waals surface area contributed by atoms with E-state index in [-0.39, 0.29) is 11.7 Å². The van der Waals surface area contributed by atoms with Crippen LogP contribution >= 0.6 is 11.3 Å². The van der Waals surface area contributed by atoms with Crippen molar-refractivity contribution >= 4 is 17.0 Å². The molecule has 8 heteroatoms. The molecule has 0 spiro atoms. The summed E-state index contributed by atoms with van der Waals surface area (Å²) in [5.41, 5.74) is 0.558. The number of hydrogen-bond donors (Lipinski definition) is 1. The monoisotopic (exact) mass is 358 g/mol. The third-order valence-corrected chi connectivity index (χ3v) is 4.73. The summed E-state index contributed by atoms with van der Waals surface area (Å²) in [7, 11) is 0. The van der Waals surface area contributed by atoms with Crippen LogP contribution in [0.4, 0.5) is 5.69 Å². The van der Waals surface area contributed by atoms with Crippen molar-refractivity contribution in [3.63, 3.8) is 0 Å². The Morgan fingerprint density at radius 3 is 2.84 bits per heavy atom. The Morgan fingerprint density at radius 2 is 2.16 bits per heavy atom. The number of non-ortho nitro benzene ring substituents is 1. The summed E-state index contributed by atoms with van der Waals surface area (Å²) >= 11 is 1.71. The first-order valence-electron chi connectivity index (χ1n) is 7.89. The van der Waals surface area contributed by atoms with Crippen molar-refractivity contribution in [2.45, 2.75) is 26.4 Å². The molecule has 1 N–H and O–H groups in total. The molecular formula is C17H18N4O3S. The number of nitrogens with one attached hydrogen (secondary N) is 1. The van der Waals surface area contributed by atoms with Gasteiger partial charge in [-0.15, -0.1) is 11.3 Å². The van der Waals surface area contributed by atoms with Crippen LogP contribution in [0.1, 0.15) is 30.7 Å². The maximum Gasteiger partial charge on any atom is 0.270 e. The van der Waals surface area contributed by atoms with Gasteiger partial charge in [0.15, 0.2) is 0 Å². The van der Waals surface area contributed by atoms with Gasteiger partial charge in [-0.1, -0.05) is 37.2 Å². The number of hydrogen-bond acceptors (Lipinski definition) is 7. The molecule has 130 valence electrons. The van der Waals surface area contributed by atoms with E-state index in [4.69, 9.17) is 4.52 Å². The Hall–Kier alpha value is -2.58. The van der Waals surface area contributed by atoms with Crippen LogP contribution in [0.3, 0.4) is 0 Å². The zero-order valence-corrected chi connectivity index (χ0v) is 14.7. The molecule has 0 saturated carbocycles. The summed E-state index contributed by atoms with van der Waals surface area (Å²) in [5, 5.41) is 20.3. The molecule has 0 bridgehead atoms. The van der Waals surface area contributed by atoms with Gasteiger partial charge >= 0.3 is 0 Å². The number of nitro groups is 1. The average Bonchev–Trinajstić information content (AvgIpc) is 3.27. The Labute approximate surface area is 148 Å². The van der Waals surface area contributed by atoms with Crippen LogP contribution in [-0.4, -0.2) is 15.1 Å². The van der Waals surface area contributed by atoms with Gasteiger partial charge in [0, 0.05) is 28.6 Å². The van der Waals surface area contributed by atoms with Gasteiger partial charge in [0.05, 0.1) is 11.5 Å². The largest absolute Gasteiger partial charge is 0.338 e. The molecule has 3 rings (SSSR count). The van der Waals surface area contributed by atoms with E-state index in [1.807, 2.05) is 6.07 Å². The van der Waals surface area contributed by atoms with Crippen LogP contribution in [0.15, 0.2) is 46.3 Å². The van der Waals surface area contributed by atoms with E-state index in [1.165, 1.54) is 17.0 Å². The van der Waals surface area contributed by atoms with Crippen molar-refractivity contribution in [1.82, 2.24) is 15.5 Å². The van der Waals surface area contributed by atoms with E-state index in [0.717, 1.165) is 0 Å². The second-order valence-corrected chi connectivity index (χ2v) is 6.92. The predicted octanol–water partition coefficient (Wildman–Crippen LogP) is 4.19. The Morgan fingerprint density at radius 1 is 1.32 bits per heavy atom. The summed E-state index contributed by atoms with van der Waals surface area (Å²) in [4.78, 5) is 16.0. The Balaban J connectivity index is 1.71. The second kappa shape index (κ2) is 7.54. The molecule has 25 heavy (non-hydrogen) atoms. The van der Waals surface area contributed by atoms with Crippen molar-refractivity contribution in [3.8, 4) is 11.4 Å². The predicted molar refractivity (Wildman–Crippen MR) is 95.1 cm³/mol. The van der Waals surface area contributed by atoms with Crippen LogP contribution < -0.4 is 5.32 Å². The number of aromatic nitrogens is 2. The summed E-state index contributed by atoms with van der Waals surface area (Å²) in [6.07, 6.45) is 0. The molecule has 0 aliphatic heterocycles. The minimum Gasteiger partial charge on any atom is -0.338 e. The minimum atomic E-state index is -0.444. The van der Waals surface area contributed by atoms with Crippen LogP contribution in [0, 0.1) is 16.0 Å². The van der Waals surface area contributed by atoms with Crippen molar-refractivity contribution in [2.24, 2.45) is 5.92 Å². The molecule has 1 atom stereocenters. The third kappa shape index (κ3) is 4.09. The highest BCUT2D eigenvalue weighted by atomic mass is 32.1. The fourth-order valence-corrected chi connectivity index (χ4v) is 3.51. The normalized spacial score (nSPS) is 12.4. The Kier molecular flexibility index (Phi) is 5.20. The van der Waals surface area contributed by atoms with Gasteiger partial charge < -0.3 is 9.84 Å². The molecule has 0 fully saturated rings. The van der Waals surface area contributed by atoms with Gasteiger partial charge in [0.25, 0.3) is 5.69 Å². The molecular weight excluding hydrogens is 340 g/mol. The van der Waals surface area contributed by atoms with Crippen LogP contribution in [-0.2, 0) is 6.54 Å². The van der Waals surface area contributed by atoms with Gasteiger partial charge in [-0.2, -0.15) is 4.98 Å². The quantitative estimate of drug-likeness (QED) is 0.502. The molecule has 0 aliphatic rings. The summed E-state index contributed by atoms with van der Waals surface area (Å²) in [5.74, 6) is 1.21. The van der Waals surface area contributed by atoms with Crippen molar-refractivity contribution in [1.29, 1.82) is 0 Å². The second-order valence-electron chi connectivity index (χ2n) is 5.94. The summed E-state index contributed by atoms with van der Waals surface area (Å²) in [6.45, 7) is 4.74. The highest BCUT2D eigenvalue weighted by molar-refractivity contribution is 7.10. The van der Waals surface area contributed by atoms with Crippen molar-refractivity contribution < 1.29 is 9.45 Å². The van der Waals surface area contributed by atoms with Gasteiger partial charge in [-0.05, 0) is 17.4 Å². The van der Waals surface area contributed by atoms with Gasteiger partial charge in [0.1, 0.15) is 0 Å². The van der Waals surface area contributed by atoms with E-state index >= 15 is 0 Å². The van der Waals surface area contributed by atoms with Gasteiger partial charge in [-0.3, -0.25) is 10.1 Å². The standard InChI is InChI=1S/C17H18N4O3S/c1-11(2)16(14-7-4-8-25-14)18-10-15-19-17(20-24-15)12-5-3-6-13(9-12)21(22)23/h3-9,11,16,18H,10H2,1-2H3/t16-/m0/s1. The summed E-state index contributed by atoms with van der Waals surface area (Å²) in [6, 6.07) is 10.5. The number of nitrogens with zero attached hydrogens (tertiary/aromatic N) is 3. The average molecular weight is 358 g/mol. The van der Waals surface area contributed by atoms with Gasteiger partial charge in [0.2, 0.25) is 11.7 Å². The van der Waals surface area contributed by atoms with E-state index in [9.17, 15) is 10.1 Å². The number of rotatable bonds is 7. The topological polar surface area (TPSA) is 94.1 Å². The van der Waals surface area contributed by atoms with Gasteiger partial charge in [-0.25, -0.2) is 0 Å². The molecule has 0 amide bonds. The van der Waals surface area contributed by atoms with E-state index in [0.29, 0.717) is 29.7 Å². The molecule has 2 aromatic heterocycles. The van der Waals surface area contributed by atoms with E-state index < -0.39 is 4.92 Å². The lowest BCUT2D eigenvalue weighted by Crippen LogP contribution is -2.24. The molecule has 0 aliphatic carbocycles. The lowest BCUT2D eigenvalue weighted by molar-refractivity contribution is -0.384. The molecule has 2 heterocycles. The fourth-order valence-electron chi connectivity index (χ4n) is 2.53. The van der Waals surface area contributed by atoms with Crippen LogP contribution in [0.25, 0.3) is 11.4 Å². The molecule has 0 unspecified atom stereocenters.